The van der Waals surface area contributed by atoms with E-state index in [4.69, 9.17) is 0 Å². The number of nitrogens with zero attached hydrogens (tertiary/aromatic N) is 1. The number of carbonyl (C=O) groups excluding carboxylic acids is 2. The molecule has 0 aliphatic carbocycles. The van der Waals surface area contributed by atoms with Gasteiger partial charge in [0.15, 0.2) is 0 Å². The zero-order valence-corrected chi connectivity index (χ0v) is 14.7. The van der Waals surface area contributed by atoms with E-state index in [1.54, 1.807) is 11.2 Å². The fourth-order valence-corrected chi connectivity index (χ4v) is 3.72. The Balaban J connectivity index is 3.11. The molecule has 1 rings (SSSR count). The number of hydrogen-bond acceptors (Lipinski definition) is 3. The lowest BCUT2D eigenvalue weighted by Gasteiger charge is -2.45. The van der Waals surface area contributed by atoms with Crippen molar-refractivity contribution < 1.29 is 13.8 Å². The molecule has 0 spiro atoms. The fraction of sp³-hybridized carbons (Fsp3) is 0.867. The minimum atomic E-state index is -1.00. The quantitative estimate of drug-likeness (QED) is 0.799. The standard InChI is InChI=1S/C15H28N2O3S/c1-7-10(4)12-15(19)17(11(5)8-21(6)20)13(9(2)3)14(18)16-12/h9-13H,7-8H2,1-6H3,(H,16,18). The molecule has 1 aliphatic rings. The first-order chi connectivity index (χ1) is 9.70. The predicted molar refractivity (Wildman–Crippen MR) is 85.3 cm³/mol. The van der Waals surface area contributed by atoms with Crippen LogP contribution in [0.3, 0.4) is 0 Å². The largest absolute Gasteiger partial charge is 0.342 e. The third-order valence-electron chi connectivity index (χ3n) is 4.18. The molecule has 2 amide bonds. The summed E-state index contributed by atoms with van der Waals surface area (Å²) in [6.07, 6.45) is 2.45. The number of piperazine rings is 1. The molecule has 5 unspecified atom stereocenters. The van der Waals surface area contributed by atoms with Crippen LogP contribution in [0.1, 0.15) is 41.0 Å². The zero-order chi connectivity index (χ0) is 16.3. The van der Waals surface area contributed by atoms with E-state index in [-0.39, 0.29) is 29.7 Å². The van der Waals surface area contributed by atoms with Crippen molar-refractivity contribution in [3.63, 3.8) is 0 Å². The van der Waals surface area contributed by atoms with Crippen molar-refractivity contribution in [2.75, 3.05) is 12.0 Å². The lowest BCUT2D eigenvalue weighted by atomic mass is 9.90. The van der Waals surface area contributed by atoms with Crippen molar-refractivity contribution in [3.8, 4) is 0 Å². The number of amides is 2. The fourth-order valence-electron chi connectivity index (χ4n) is 2.88. The summed E-state index contributed by atoms with van der Waals surface area (Å²) in [6, 6.07) is -1.14. The van der Waals surface area contributed by atoms with Crippen LogP contribution in [0.4, 0.5) is 0 Å². The maximum Gasteiger partial charge on any atom is 0.246 e. The Kier molecular flexibility index (Phi) is 6.38. The van der Waals surface area contributed by atoms with E-state index in [2.05, 4.69) is 5.32 Å². The highest BCUT2D eigenvalue weighted by Gasteiger charge is 2.45. The summed E-state index contributed by atoms with van der Waals surface area (Å²) in [5, 5.41) is 2.88. The molecule has 0 aromatic carbocycles. The maximum absolute atomic E-state index is 12.8. The minimum Gasteiger partial charge on any atom is -0.342 e. The van der Waals surface area contributed by atoms with Crippen LogP contribution in [0.2, 0.25) is 0 Å². The molecule has 1 aliphatic heterocycles. The van der Waals surface area contributed by atoms with Gasteiger partial charge in [-0.2, -0.15) is 0 Å². The highest BCUT2D eigenvalue weighted by atomic mass is 32.2. The van der Waals surface area contributed by atoms with E-state index in [0.717, 1.165) is 6.42 Å². The number of hydrogen-bond donors (Lipinski definition) is 1. The summed E-state index contributed by atoms with van der Waals surface area (Å²) >= 11 is 0. The lowest BCUT2D eigenvalue weighted by Crippen LogP contribution is -2.68. The highest BCUT2D eigenvalue weighted by molar-refractivity contribution is 7.84. The van der Waals surface area contributed by atoms with E-state index in [9.17, 15) is 13.8 Å². The zero-order valence-electron chi connectivity index (χ0n) is 13.9. The Labute approximate surface area is 130 Å². The summed E-state index contributed by atoms with van der Waals surface area (Å²) in [4.78, 5) is 26.9. The topological polar surface area (TPSA) is 66.5 Å². The molecule has 1 N–H and O–H groups in total. The summed E-state index contributed by atoms with van der Waals surface area (Å²) in [6.45, 7) is 9.72. The van der Waals surface area contributed by atoms with E-state index >= 15 is 0 Å². The van der Waals surface area contributed by atoms with Gasteiger partial charge in [-0.25, -0.2) is 0 Å². The van der Waals surface area contributed by atoms with Crippen LogP contribution < -0.4 is 5.32 Å². The van der Waals surface area contributed by atoms with E-state index in [0.29, 0.717) is 5.75 Å². The second kappa shape index (κ2) is 7.38. The average molecular weight is 316 g/mol. The third kappa shape index (κ3) is 4.05. The molecule has 1 fully saturated rings. The number of nitrogens with one attached hydrogen (secondary N) is 1. The Hall–Kier alpha value is -0.910. The van der Waals surface area contributed by atoms with E-state index in [1.165, 1.54) is 0 Å². The molecular weight excluding hydrogens is 288 g/mol. The Morgan fingerprint density at radius 1 is 1.24 bits per heavy atom. The minimum absolute atomic E-state index is 0.0274. The van der Waals surface area contributed by atoms with Gasteiger partial charge < -0.3 is 10.2 Å². The normalized spacial score (nSPS) is 27.5. The van der Waals surface area contributed by atoms with Gasteiger partial charge in [0.25, 0.3) is 0 Å². The van der Waals surface area contributed by atoms with E-state index < -0.39 is 22.9 Å². The molecule has 5 atom stereocenters. The van der Waals surface area contributed by atoms with Gasteiger partial charge >= 0.3 is 0 Å². The molecular formula is C15H28N2O3S. The number of rotatable bonds is 6. The monoisotopic (exact) mass is 316 g/mol. The molecule has 1 saturated heterocycles. The third-order valence-corrected chi connectivity index (χ3v) is 5.13. The smallest absolute Gasteiger partial charge is 0.246 e. The van der Waals surface area contributed by atoms with Crippen LogP contribution in [-0.4, -0.2) is 51.1 Å². The van der Waals surface area contributed by atoms with Gasteiger partial charge in [-0.05, 0) is 18.8 Å². The summed E-state index contributed by atoms with van der Waals surface area (Å²) in [5.41, 5.74) is 0. The second-order valence-corrected chi connectivity index (χ2v) is 7.87. The molecule has 0 aromatic rings. The van der Waals surface area contributed by atoms with Gasteiger partial charge in [-0.1, -0.05) is 34.1 Å². The molecule has 5 nitrogen and oxygen atoms in total. The Morgan fingerprint density at radius 2 is 1.81 bits per heavy atom. The molecule has 0 aromatic heterocycles. The van der Waals surface area contributed by atoms with Gasteiger partial charge in [0, 0.05) is 28.9 Å². The van der Waals surface area contributed by atoms with Crippen molar-refractivity contribution in [1.29, 1.82) is 0 Å². The van der Waals surface area contributed by atoms with Crippen molar-refractivity contribution in [2.45, 2.75) is 59.2 Å². The Bertz CT molecular complexity index is 425. The van der Waals surface area contributed by atoms with Gasteiger partial charge in [0.05, 0.1) is 0 Å². The van der Waals surface area contributed by atoms with Gasteiger partial charge in [-0.3, -0.25) is 13.8 Å². The molecule has 0 saturated carbocycles. The van der Waals surface area contributed by atoms with Crippen LogP contribution in [0, 0.1) is 11.8 Å². The first-order valence-electron chi connectivity index (χ1n) is 7.63. The lowest BCUT2D eigenvalue weighted by molar-refractivity contribution is -0.154. The van der Waals surface area contributed by atoms with Crippen molar-refractivity contribution >= 4 is 22.6 Å². The highest BCUT2D eigenvalue weighted by Crippen LogP contribution is 2.24. The van der Waals surface area contributed by atoms with Gasteiger partial charge in [0.1, 0.15) is 12.1 Å². The van der Waals surface area contributed by atoms with Gasteiger partial charge in [0.2, 0.25) is 11.8 Å². The van der Waals surface area contributed by atoms with Crippen LogP contribution in [0.25, 0.3) is 0 Å². The molecule has 0 bridgehead atoms. The predicted octanol–water partition coefficient (Wildman–Crippen LogP) is 1.15. The molecule has 6 heteroatoms. The summed E-state index contributed by atoms with van der Waals surface area (Å²) < 4.78 is 11.5. The molecule has 0 radical (unpaired) electrons. The summed E-state index contributed by atoms with van der Waals surface area (Å²) in [7, 11) is -1.00. The SMILES string of the molecule is CCC(C)C1NC(=O)C(C(C)C)N(C(C)CS(C)=O)C1=O. The first kappa shape index (κ1) is 18.1. The maximum atomic E-state index is 12.8. The number of carbonyl (C=O) groups is 2. The van der Waals surface area contributed by atoms with Crippen molar-refractivity contribution in [2.24, 2.45) is 11.8 Å². The van der Waals surface area contributed by atoms with Crippen LogP contribution in [0.5, 0.6) is 0 Å². The Morgan fingerprint density at radius 3 is 2.24 bits per heavy atom. The summed E-state index contributed by atoms with van der Waals surface area (Å²) in [5.74, 6) is 0.385. The second-order valence-electron chi connectivity index (χ2n) is 6.40. The van der Waals surface area contributed by atoms with Crippen molar-refractivity contribution in [3.05, 3.63) is 0 Å². The first-order valence-corrected chi connectivity index (χ1v) is 9.35. The molecule has 1 heterocycles. The van der Waals surface area contributed by atoms with Crippen LogP contribution in [0.15, 0.2) is 0 Å². The van der Waals surface area contributed by atoms with Gasteiger partial charge in [-0.15, -0.1) is 0 Å². The van der Waals surface area contributed by atoms with E-state index in [1.807, 2.05) is 34.6 Å². The molecule has 122 valence electrons. The molecule has 21 heavy (non-hydrogen) atoms. The average Bonchev–Trinajstić information content (AvgIpc) is 2.38. The van der Waals surface area contributed by atoms with Crippen LogP contribution in [-0.2, 0) is 20.4 Å². The van der Waals surface area contributed by atoms with Crippen molar-refractivity contribution in [1.82, 2.24) is 10.2 Å². The van der Waals surface area contributed by atoms with Crippen LogP contribution >= 0.6 is 0 Å².